The molecule has 0 saturated heterocycles. The van der Waals surface area contributed by atoms with Crippen molar-refractivity contribution in [3.8, 4) is 11.6 Å². The number of hydrogen-bond acceptors (Lipinski definition) is 4. The second kappa shape index (κ2) is 5.95. The standard InChI is InChI=1S/C13H6ClF3N2O2/c14-10-6-8(19-7-20)3-4-11(10)21-12-9(13(15,16)17)2-1-5-18-12/h1-6H. The Morgan fingerprint density at radius 1 is 1.29 bits per heavy atom. The molecule has 0 amide bonds. The van der Waals surface area contributed by atoms with Gasteiger partial charge in [0.05, 0.1) is 10.7 Å². The fourth-order valence-electron chi connectivity index (χ4n) is 1.49. The summed E-state index contributed by atoms with van der Waals surface area (Å²) in [7, 11) is 0. The van der Waals surface area contributed by atoms with Gasteiger partial charge in [-0.3, -0.25) is 0 Å². The minimum absolute atomic E-state index is 0.00900. The van der Waals surface area contributed by atoms with Gasteiger partial charge >= 0.3 is 6.18 Å². The summed E-state index contributed by atoms with van der Waals surface area (Å²) in [6.45, 7) is 0. The maximum Gasteiger partial charge on any atom is 0.421 e. The highest BCUT2D eigenvalue weighted by molar-refractivity contribution is 6.32. The predicted octanol–water partition coefficient (Wildman–Crippen LogP) is 4.51. The average Bonchev–Trinajstić information content (AvgIpc) is 2.42. The number of rotatable bonds is 3. The van der Waals surface area contributed by atoms with E-state index in [2.05, 4.69) is 9.98 Å². The number of hydrogen-bond donors (Lipinski definition) is 0. The van der Waals surface area contributed by atoms with Crippen molar-refractivity contribution in [1.29, 1.82) is 0 Å². The van der Waals surface area contributed by atoms with Crippen LogP contribution < -0.4 is 4.74 Å². The Hall–Kier alpha value is -2.37. The number of aliphatic imine (C=N–C) groups is 1. The highest BCUT2D eigenvalue weighted by Gasteiger charge is 2.35. The number of halogens is 4. The van der Waals surface area contributed by atoms with E-state index in [-0.39, 0.29) is 16.5 Å². The Morgan fingerprint density at radius 3 is 2.67 bits per heavy atom. The SMILES string of the molecule is O=C=Nc1ccc(Oc2ncccc2C(F)(F)F)c(Cl)c1. The van der Waals surface area contributed by atoms with Crippen molar-refractivity contribution < 1.29 is 22.7 Å². The molecule has 1 aromatic carbocycles. The molecular weight excluding hydrogens is 309 g/mol. The minimum Gasteiger partial charge on any atom is -0.437 e. The van der Waals surface area contributed by atoms with Gasteiger partial charge in [-0.2, -0.15) is 18.2 Å². The first-order valence-corrected chi connectivity index (χ1v) is 5.87. The molecule has 0 fully saturated rings. The molecule has 0 aliphatic carbocycles. The highest BCUT2D eigenvalue weighted by atomic mass is 35.5. The number of isocyanates is 1. The predicted molar refractivity (Wildman–Crippen MR) is 68.5 cm³/mol. The van der Waals surface area contributed by atoms with Gasteiger partial charge in [-0.25, -0.2) is 9.78 Å². The van der Waals surface area contributed by atoms with E-state index in [1.165, 1.54) is 30.5 Å². The lowest BCUT2D eigenvalue weighted by molar-refractivity contribution is -0.138. The van der Waals surface area contributed by atoms with Crippen LogP contribution in [0.25, 0.3) is 0 Å². The molecule has 8 heteroatoms. The lowest BCUT2D eigenvalue weighted by Gasteiger charge is -2.12. The van der Waals surface area contributed by atoms with Gasteiger partial charge in [-0.1, -0.05) is 11.6 Å². The molecule has 0 spiro atoms. The molecule has 0 bridgehead atoms. The van der Waals surface area contributed by atoms with Crippen molar-refractivity contribution in [2.24, 2.45) is 4.99 Å². The number of aromatic nitrogens is 1. The zero-order chi connectivity index (χ0) is 15.5. The van der Waals surface area contributed by atoms with E-state index in [1.807, 2.05) is 0 Å². The molecule has 0 saturated carbocycles. The van der Waals surface area contributed by atoms with Gasteiger partial charge in [0.1, 0.15) is 11.3 Å². The number of nitrogens with zero attached hydrogens (tertiary/aromatic N) is 2. The second-order valence-electron chi connectivity index (χ2n) is 3.77. The van der Waals surface area contributed by atoms with Crippen molar-refractivity contribution in [2.75, 3.05) is 0 Å². The van der Waals surface area contributed by atoms with Crippen molar-refractivity contribution >= 4 is 23.4 Å². The van der Waals surface area contributed by atoms with Crippen LogP contribution in [-0.2, 0) is 11.0 Å². The fraction of sp³-hybridized carbons (Fsp3) is 0.0769. The summed E-state index contributed by atoms with van der Waals surface area (Å²) in [6.07, 6.45) is -2.11. The largest absolute Gasteiger partial charge is 0.437 e. The zero-order valence-electron chi connectivity index (χ0n) is 10.2. The molecule has 2 rings (SSSR count). The third kappa shape index (κ3) is 3.59. The monoisotopic (exact) mass is 314 g/mol. The van der Waals surface area contributed by atoms with Crippen molar-refractivity contribution in [3.05, 3.63) is 47.1 Å². The summed E-state index contributed by atoms with van der Waals surface area (Å²) in [4.78, 5) is 17.0. The van der Waals surface area contributed by atoms with E-state index in [9.17, 15) is 18.0 Å². The number of carbonyl (C=O) groups excluding carboxylic acids is 1. The maximum absolute atomic E-state index is 12.8. The van der Waals surface area contributed by atoms with Crippen LogP contribution in [0.4, 0.5) is 18.9 Å². The number of pyridine rings is 1. The minimum atomic E-state index is -4.60. The number of benzene rings is 1. The van der Waals surface area contributed by atoms with Gasteiger partial charge in [0.2, 0.25) is 12.0 Å². The Balaban J connectivity index is 2.37. The van der Waals surface area contributed by atoms with Crippen molar-refractivity contribution in [1.82, 2.24) is 4.98 Å². The van der Waals surface area contributed by atoms with Crippen LogP contribution in [0.5, 0.6) is 11.6 Å². The fourth-order valence-corrected chi connectivity index (χ4v) is 1.70. The lowest BCUT2D eigenvalue weighted by Crippen LogP contribution is -2.08. The number of alkyl halides is 3. The van der Waals surface area contributed by atoms with Gasteiger partial charge in [-0.15, -0.1) is 0 Å². The number of ether oxygens (including phenoxy) is 1. The van der Waals surface area contributed by atoms with Crippen LogP contribution in [0.3, 0.4) is 0 Å². The third-order valence-corrected chi connectivity index (χ3v) is 2.67. The van der Waals surface area contributed by atoms with Crippen molar-refractivity contribution in [2.45, 2.75) is 6.18 Å². The Bertz CT molecular complexity index is 713. The Kier molecular flexibility index (Phi) is 4.26. The van der Waals surface area contributed by atoms with Crippen LogP contribution in [0.15, 0.2) is 41.5 Å². The van der Waals surface area contributed by atoms with Crippen LogP contribution in [0.1, 0.15) is 5.56 Å². The quantitative estimate of drug-likeness (QED) is 0.618. The molecule has 0 aliphatic heterocycles. The van der Waals surface area contributed by atoms with Crippen molar-refractivity contribution in [3.63, 3.8) is 0 Å². The summed E-state index contributed by atoms with van der Waals surface area (Å²) in [6, 6.07) is 5.90. The Morgan fingerprint density at radius 2 is 2.05 bits per heavy atom. The molecule has 1 aromatic heterocycles. The molecule has 108 valence electrons. The highest BCUT2D eigenvalue weighted by Crippen LogP contribution is 2.38. The van der Waals surface area contributed by atoms with E-state index in [0.717, 1.165) is 12.1 Å². The van der Waals surface area contributed by atoms with E-state index >= 15 is 0 Å². The average molecular weight is 315 g/mol. The molecule has 2 aromatic rings. The van der Waals surface area contributed by atoms with Crippen LogP contribution >= 0.6 is 11.6 Å². The first-order chi connectivity index (χ1) is 9.91. The molecule has 1 heterocycles. The van der Waals surface area contributed by atoms with E-state index in [0.29, 0.717) is 0 Å². The summed E-state index contributed by atoms with van der Waals surface area (Å²) in [5.74, 6) is -0.649. The first-order valence-electron chi connectivity index (χ1n) is 5.49. The summed E-state index contributed by atoms with van der Waals surface area (Å²) in [5, 5.41) is -0.00900. The second-order valence-corrected chi connectivity index (χ2v) is 4.18. The van der Waals surface area contributed by atoms with Gasteiger partial charge in [0, 0.05) is 6.20 Å². The van der Waals surface area contributed by atoms with Gasteiger partial charge in [-0.05, 0) is 30.3 Å². The third-order valence-electron chi connectivity index (χ3n) is 2.37. The van der Waals surface area contributed by atoms with Crippen LogP contribution in [0, 0.1) is 0 Å². The van der Waals surface area contributed by atoms with Gasteiger partial charge < -0.3 is 4.74 Å². The molecule has 0 N–H and O–H groups in total. The lowest BCUT2D eigenvalue weighted by atomic mass is 10.2. The molecule has 21 heavy (non-hydrogen) atoms. The smallest absolute Gasteiger partial charge is 0.421 e. The van der Waals surface area contributed by atoms with Crippen LogP contribution in [-0.4, -0.2) is 11.1 Å². The van der Waals surface area contributed by atoms with E-state index < -0.39 is 17.6 Å². The maximum atomic E-state index is 12.8. The zero-order valence-corrected chi connectivity index (χ0v) is 10.9. The summed E-state index contributed by atoms with van der Waals surface area (Å²) in [5.41, 5.74) is -0.810. The molecule has 0 unspecified atom stereocenters. The molecule has 0 radical (unpaired) electrons. The molecule has 4 nitrogen and oxygen atoms in total. The molecule has 0 atom stereocenters. The Labute approximate surface area is 121 Å². The van der Waals surface area contributed by atoms with E-state index in [1.54, 1.807) is 0 Å². The van der Waals surface area contributed by atoms with Gasteiger partial charge in [0.25, 0.3) is 0 Å². The topological polar surface area (TPSA) is 51.5 Å². The molecule has 0 aliphatic rings. The normalized spacial score (nSPS) is 10.9. The van der Waals surface area contributed by atoms with Gasteiger partial charge in [0.15, 0.2) is 0 Å². The first kappa shape index (κ1) is 15.0. The summed E-state index contributed by atoms with van der Waals surface area (Å²) < 4.78 is 43.5. The van der Waals surface area contributed by atoms with E-state index in [4.69, 9.17) is 16.3 Å². The molecular formula is C13H6ClF3N2O2. The van der Waals surface area contributed by atoms with Crippen LogP contribution in [0.2, 0.25) is 5.02 Å². The summed E-state index contributed by atoms with van der Waals surface area (Å²) >= 11 is 5.86.